The van der Waals surface area contributed by atoms with E-state index in [2.05, 4.69) is 4.76 Å². The molecule has 0 spiro atoms. The minimum atomic E-state index is -4.20. The molecule has 7 heteroatoms. The monoisotopic (exact) mass is 213 g/mol. The molecule has 0 bridgehead atoms. The van der Waals surface area contributed by atoms with Crippen molar-refractivity contribution in [1.82, 2.24) is 0 Å². The SMILES string of the molecule is CC1CSC(=NP(=O)(O)O)S1. The Hall–Kier alpha value is 0.520. The average molecular weight is 213 g/mol. The summed E-state index contributed by atoms with van der Waals surface area (Å²) in [6.45, 7) is 2.00. The number of hydrogen-bond donors (Lipinski definition) is 2. The summed E-state index contributed by atoms with van der Waals surface area (Å²) >= 11 is 2.81. The smallest absolute Gasteiger partial charge is 0.307 e. The van der Waals surface area contributed by atoms with Crippen molar-refractivity contribution in [2.45, 2.75) is 12.2 Å². The molecular formula is C4H8NO3PS2. The van der Waals surface area contributed by atoms with Gasteiger partial charge < -0.3 is 9.79 Å². The van der Waals surface area contributed by atoms with Gasteiger partial charge in [0.05, 0.1) is 0 Å². The second-order valence-corrected chi connectivity index (χ2v) is 6.04. The lowest BCUT2D eigenvalue weighted by atomic mass is 10.6. The van der Waals surface area contributed by atoms with Crippen molar-refractivity contribution in [3.63, 3.8) is 0 Å². The van der Waals surface area contributed by atoms with Crippen LogP contribution in [0.4, 0.5) is 0 Å². The second-order valence-electron chi connectivity index (χ2n) is 2.12. The third kappa shape index (κ3) is 3.62. The fourth-order valence-electron chi connectivity index (χ4n) is 0.588. The molecule has 0 aromatic rings. The quantitative estimate of drug-likeness (QED) is 0.642. The van der Waals surface area contributed by atoms with Crippen LogP contribution in [-0.4, -0.2) is 25.2 Å². The van der Waals surface area contributed by atoms with Crippen molar-refractivity contribution in [2.75, 3.05) is 5.75 Å². The van der Waals surface area contributed by atoms with E-state index >= 15 is 0 Å². The van der Waals surface area contributed by atoms with Gasteiger partial charge in [-0.05, 0) is 0 Å². The lowest BCUT2D eigenvalue weighted by molar-refractivity contribution is 0.375. The Morgan fingerprint density at radius 1 is 1.73 bits per heavy atom. The first-order valence-electron chi connectivity index (χ1n) is 2.92. The van der Waals surface area contributed by atoms with Crippen molar-refractivity contribution in [2.24, 2.45) is 4.76 Å². The molecule has 0 aliphatic carbocycles. The van der Waals surface area contributed by atoms with Crippen LogP contribution in [0.25, 0.3) is 0 Å². The summed E-state index contributed by atoms with van der Waals surface area (Å²) in [5, 5.41) is 0.408. The van der Waals surface area contributed by atoms with Crippen LogP contribution in [0.5, 0.6) is 0 Å². The minimum Gasteiger partial charge on any atom is -0.307 e. The number of nitrogens with zero attached hydrogens (tertiary/aromatic N) is 1. The molecule has 2 N–H and O–H groups in total. The molecule has 1 saturated heterocycles. The molecule has 1 atom stereocenters. The molecule has 1 aliphatic heterocycles. The van der Waals surface area contributed by atoms with Gasteiger partial charge in [0, 0.05) is 11.0 Å². The third-order valence-electron chi connectivity index (χ3n) is 0.955. The zero-order valence-electron chi connectivity index (χ0n) is 5.80. The summed E-state index contributed by atoms with van der Waals surface area (Å²) in [6, 6.07) is 0. The van der Waals surface area contributed by atoms with Crippen molar-refractivity contribution in [3.05, 3.63) is 0 Å². The molecule has 0 aromatic carbocycles. The first-order chi connectivity index (χ1) is 4.97. The molecule has 1 unspecified atom stereocenters. The fraction of sp³-hybridized carbons (Fsp3) is 0.750. The summed E-state index contributed by atoms with van der Waals surface area (Å²) in [5.41, 5.74) is 0. The Balaban J connectivity index is 2.63. The highest BCUT2D eigenvalue weighted by Gasteiger charge is 2.21. The van der Waals surface area contributed by atoms with E-state index in [1.807, 2.05) is 6.92 Å². The van der Waals surface area contributed by atoms with Gasteiger partial charge in [-0.3, -0.25) is 0 Å². The molecule has 1 rings (SSSR count). The van der Waals surface area contributed by atoms with Crippen LogP contribution in [0, 0.1) is 0 Å². The summed E-state index contributed by atoms with van der Waals surface area (Å²) in [7, 11) is -4.20. The molecule has 0 radical (unpaired) electrons. The Kier molecular flexibility index (Phi) is 3.05. The van der Waals surface area contributed by atoms with Crippen LogP contribution in [0.15, 0.2) is 4.76 Å². The summed E-state index contributed by atoms with van der Waals surface area (Å²) in [4.78, 5) is 16.9. The molecule has 0 aromatic heterocycles. The molecule has 4 nitrogen and oxygen atoms in total. The standard InChI is InChI=1S/C4H8NO3PS2/c1-3-2-10-4(11-3)5-9(6,7)8/h3H,2H2,1H3,(H2,6,7,8). The highest BCUT2D eigenvalue weighted by atomic mass is 32.2. The van der Waals surface area contributed by atoms with Crippen LogP contribution in [0.1, 0.15) is 6.92 Å². The largest absolute Gasteiger partial charge is 0.450 e. The maximum absolute atomic E-state index is 10.4. The van der Waals surface area contributed by atoms with E-state index in [4.69, 9.17) is 9.79 Å². The molecule has 64 valence electrons. The Labute approximate surface area is 73.1 Å². The zero-order valence-corrected chi connectivity index (χ0v) is 8.33. The van der Waals surface area contributed by atoms with Crippen molar-refractivity contribution < 1.29 is 14.4 Å². The van der Waals surface area contributed by atoms with Crippen molar-refractivity contribution >= 4 is 35.6 Å². The highest BCUT2D eigenvalue weighted by Crippen LogP contribution is 2.43. The Bertz CT molecular complexity index is 225. The summed E-state index contributed by atoms with van der Waals surface area (Å²) in [6.07, 6.45) is 0. The van der Waals surface area contributed by atoms with Crippen molar-refractivity contribution in [1.29, 1.82) is 0 Å². The lowest BCUT2D eigenvalue weighted by Gasteiger charge is -1.96. The van der Waals surface area contributed by atoms with E-state index in [0.717, 1.165) is 5.75 Å². The number of thioether (sulfide) groups is 2. The van der Waals surface area contributed by atoms with E-state index in [1.54, 1.807) is 0 Å². The Morgan fingerprint density at radius 3 is 2.73 bits per heavy atom. The van der Waals surface area contributed by atoms with Crippen LogP contribution < -0.4 is 0 Å². The van der Waals surface area contributed by atoms with Crippen LogP contribution in [0.2, 0.25) is 0 Å². The molecular weight excluding hydrogens is 205 g/mol. The molecule has 0 saturated carbocycles. The molecule has 0 amide bonds. The minimum absolute atomic E-state index is 0.408. The van der Waals surface area contributed by atoms with Gasteiger partial charge in [-0.15, -0.1) is 0 Å². The van der Waals surface area contributed by atoms with E-state index in [-0.39, 0.29) is 0 Å². The molecule has 11 heavy (non-hydrogen) atoms. The van der Waals surface area contributed by atoms with Gasteiger partial charge in [0.1, 0.15) is 4.38 Å². The molecule has 1 fully saturated rings. The van der Waals surface area contributed by atoms with Crippen LogP contribution in [0.3, 0.4) is 0 Å². The van der Waals surface area contributed by atoms with Crippen LogP contribution in [-0.2, 0) is 4.57 Å². The van der Waals surface area contributed by atoms with E-state index in [0.29, 0.717) is 9.63 Å². The predicted octanol–water partition coefficient (Wildman–Crippen LogP) is 1.30. The van der Waals surface area contributed by atoms with Gasteiger partial charge in [0.25, 0.3) is 0 Å². The van der Waals surface area contributed by atoms with Gasteiger partial charge >= 0.3 is 7.75 Å². The number of rotatable bonds is 1. The second kappa shape index (κ2) is 3.49. The lowest BCUT2D eigenvalue weighted by Crippen LogP contribution is -1.89. The van der Waals surface area contributed by atoms with Gasteiger partial charge in [-0.25, -0.2) is 4.57 Å². The van der Waals surface area contributed by atoms with Gasteiger partial charge in [-0.1, -0.05) is 30.4 Å². The maximum atomic E-state index is 10.4. The van der Waals surface area contributed by atoms with E-state index < -0.39 is 7.75 Å². The predicted molar refractivity (Wildman–Crippen MR) is 49.0 cm³/mol. The first-order valence-corrected chi connectivity index (χ1v) is 6.35. The summed E-state index contributed by atoms with van der Waals surface area (Å²) in [5.74, 6) is 0.878. The fourth-order valence-corrected chi connectivity index (χ4v) is 4.02. The van der Waals surface area contributed by atoms with E-state index in [9.17, 15) is 4.57 Å². The molecule has 1 aliphatic rings. The normalized spacial score (nSPS) is 29.7. The molecule has 1 heterocycles. The zero-order chi connectivity index (χ0) is 8.48. The van der Waals surface area contributed by atoms with Crippen molar-refractivity contribution in [3.8, 4) is 0 Å². The average Bonchev–Trinajstić information content (AvgIpc) is 2.10. The maximum Gasteiger partial charge on any atom is 0.450 e. The third-order valence-corrected chi connectivity index (χ3v) is 4.41. The van der Waals surface area contributed by atoms with Gasteiger partial charge in [0.15, 0.2) is 0 Å². The Morgan fingerprint density at radius 2 is 2.36 bits per heavy atom. The highest BCUT2D eigenvalue weighted by molar-refractivity contribution is 8.42. The van der Waals surface area contributed by atoms with Gasteiger partial charge in [0.2, 0.25) is 0 Å². The number of hydrogen-bond acceptors (Lipinski definition) is 3. The summed E-state index contributed by atoms with van der Waals surface area (Å²) < 4.78 is 14.1. The topological polar surface area (TPSA) is 69.9 Å². The first kappa shape index (κ1) is 9.61. The van der Waals surface area contributed by atoms with E-state index in [1.165, 1.54) is 23.5 Å². The van der Waals surface area contributed by atoms with Gasteiger partial charge in [-0.2, -0.15) is 4.76 Å². The van der Waals surface area contributed by atoms with Crippen LogP contribution >= 0.6 is 31.3 Å².